The number of fused-ring (bicyclic) bond motifs is 2. The number of benzene rings is 3. The molecule has 3 aliphatic carbocycles. The number of methoxy groups -OCH3 is 1. The van der Waals surface area contributed by atoms with Gasteiger partial charge in [0.1, 0.15) is 11.6 Å². The molecule has 14 heteroatoms. The monoisotopic (exact) mass is 672 g/mol. The van der Waals surface area contributed by atoms with Crippen molar-refractivity contribution in [1.29, 1.82) is 0 Å². The van der Waals surface area contributed by atoms with Crippen LogP contribution in [0.2, 0.25) is 0 Å². The molecule has 0 unspecified atom stereocenters. The number of ether oxygens (including phenoxy) is 1. The van der Waals surface area contributed by atoms with E-state index in [-0.39, 0.29) is 34.4 Å². The van der Waals surface area contributed by atoms with Gasteiger partial charge in [0.05, 0.1) is 28.9 Å². The van der Waals surface area contributed by atoms with Gasteiger partial charge in [-0.3, -0.25) is 14.4 Å². The number of aliphatic carboxylic acids is 1. The first kappa shape index (κ1) is 32.2. The quantitative estimate of drug-likeness (QED) is 0.203. The highest BCUT2D eigenvalue weighted by atomic mass is 32.2. The third kappa shape index (κ3) is 5.64. The van der Waals surface area contributed by atoms with E-state index in [2.05, 4.69) is 10.6 Å². The summed E-state index contributed by atoms with van der Waals surface area (Å²) >= 11 is 0. The fourth-order valence-corrected chi connectivity index (χ4v) is 7.36. The fourth-order valence-electron chi connectivity index (χ4n) is 6.55. The summed E-state index contributed by atoms with van der Waals surface area (Å²) in [5.41, 5.74) is -5.58. The average Bonchev–Trinajstić information content (AvgIpc) is 3.61. The van der Waals surface area contributed by atoms with Crippen LogP contribution < -0.4 is 15.4 Å². The zero-order valence-electron chi connectivity index (χ0n) is 24.7. The van der Waals surface area contributed by atoms with Crippen LogP contribution in [0.4, 0.5) is 23.2 Å². The van der Waals surface area contributed by atoms with Crippen molar-refractivity contribution in [3.05, 3.63) is 89.8 Å². The van der Waals surface area contributed by atoms with Crippen molar-refractivity contribution in [2.45, 2.75) is 41.1 Å². The predicted octanol–water partition coefficient (Wildman–Crippen LogP) is 5.47. The molecule has 2 bridgehead atoms. The Morgan fingerprint density at radius 2 is 1.66 bits per heavy atom. The van der Waals surface area contributed by atoms with Crippen LogP contribution in [0.25, 0.3) is 11.1 Å². The van der Waals surface area contributed by atoms with E-state index < -0.39 is 61.2 Å². The largest absolute Gasteiger partial charge is 0.501 e. The van der Waals surface area contributed by atoms with Gasteiger partial charge in [0, 0.05) is 23.4 Å². The smallest absolute Gasteiger partial charge is 0.496 e. The molecule has 6 rings (SSSR count). The molecule has 2 saturated carbocycles. The van der Waals surface area contributed by atoms with Crippen molar-refractivity contribution in [3.63, 3.8) is 0 Å². The van der Waals surface area contributed by atoms with Crippen molar-refractivity contribution in [2.75, 3.05) is 12.4 Å². The number of allylic oxidation sites excluding steroid dienone is 1. The van der Waals surface area contributed by atoms with E-state index in [4.69, 9.17) is 4.74 Å². The molecule has 0 heterocycles. The Hall–Kier alpha value is -4.72. The van der Waals surface area contributed by atoms with Gasteiger partial charge in [-0.15, -0.1) is 0 Å². The SMILES string of the molecule is COc1cc(F)c(-c2ccc(C3(C(=O)O)CC3)cc2)cc1C(=O)N[C@@H]1[C@H](C(=O)Nc2cccc(S(=O)(=O)C(F)(F)F)c2)[C@H]2C=C[C@@H]1C2. The maximum absolute atomic E-state index is 15.2. The zero-order valence-corrected chi connectivity index (χ0v) is 25.5. The zero-order chi connectivity index (χ0) is 33.9. The van der Waals surface area contributed by atoms with Crippen LogP contribution in [0.1, 0.15) is 35.2 Å². The maximum atomic E-state index is 15.2. The van der Waals surface area contributed by atoms with E-state index in [1.54, 1.807) is 24.3 Å². The highest BCUT2D eigenvalue weighted by Gasteiger charge is 2.52. The number of rotatable bonds is 9. The first-order valence-electron chi connectivity index (χ1n) is 14.6. The highest BCUT2D eigenvalue weighted by molar-refractivity contribution is 7.92. The Morgan fingerprint density at radius 1 is 0.979 bits per heavy atom. The minimum atomic E-state index is -5.64. The summed E-state index contributed by atoms with van der Waals surface area (Å²) in [4.78, 5) is 37.8. The van der Waals surface area contributed by atoms with Gasteiger partial charge in [-0.25, -0.2) is 12.8 Å². The molecule has 2 amide bonds. The summed E-state index contributed by atoms with van der Waals surface area (Å²) in [6, 6.07) is 11.9. The van der Waals surface area contributed by atoms with Crippen LogP contribution in [0.3, 0.4) is 0 Å². The molecule has 0 aromatic heterocycles. The Kier molecular flexibility index (Phi) is 7.89. The van der Waals surface area contributed by atoms with Gasteiger partial charge < -0.3 is 20.5 Å². The molecule has 3 aliphatic rings. The summed E-state index contributed by atoms with van der Waals surface area (Å²) in [5.74, 6) is -4.37. The number of carboxylic acid groups (broad SMARTS) is 1. The number of carbonyl (C=O) groups excluding carboxylic acids is 2. The molecule has 3 N–H and O–H groups in total. The molecule has 0 radical (unpaired) electrons. The van der Waals surface area contributed by atoms with Crippen molar-refractivity contribution in [1.82, 2.24) is 5.32 Å². The number of carbonyl (C=O) groups is 3. The number of carboxylic acids is 1. The number of anilines is 1. The molecule has 9 nitrogen and oxygen atoms in total. The van der Waals surface area contributed by atoms with Crippen LogP contribution in [0.5, 0.6) is 5.75 Å². The lowest BCUT2D eigenvalue weighted by Crippen LogP contribution is -2.47. The third-order valence-electron chi connectivity index (χ3n) is 9.22. The van der Waals surface area contributed by atoms with Gasteiger partial charge in [-0.05, 0) is 66.5 Å². The second-order valence-electron chi connectivity index (χ2n) is 11.9. The summed E-state index contributed by atoms with van der Waals surface area (Å²) in [5, 5.41) is 14.9. The maximum Gasteiger partial charge on any atom is 0.501 e. The van der Waals surface area contributed by atoms with Crippen LogP contribution in [0, 0.1) is 23.6 Å². The molecule has 246 valence electrons. The standard InChI is InChI=1S/C33H28F4N2O7S/c1-46-26-16-25(34)23(17-7-9-20(10-8-17)32(11-12-32)31(42)43)15-24(26)29(40)39-28-19-6-5-18(13-19)27(28)30(41)38-21-3-2-4-22(14-21)47(44,45)33(35,36)37/h2-10,14-16,18-19,27-28H,11-13H2,1H3,(H,38,41)(H,39,40)(H,42,43)/t18-,19+,27+,28-/m0/s1. The van der Waals surface area contributed by atoms with E-state index in [0.29, 0.717) is 30.4 Å². The number of sulfone groups is 1. The minimum Gasteiger partial charge on any atom is -0.496 e. The van der Waals surface area contributed by atoms with E-state index in [0.717, 1.165) is 24.3 Å². The predicted molar refractivity (Wildman–Crippen MR) is 161 cm³/mol. The summed E-state index contributed by atoms with van der Waals surface area (Å²) in [6.07, 6.45) is 5.20. The molecule has 4 atom stereocenters. The Labute approximate surface area is 266 Å². The molecule has 47 heavy (non-hydrogen) atoms. The van der Waals surface area contributed by atoms with E-state index in [9.17, 15) is 41.1 Å². The first-order valence-corrected chi connectivity index (χ1v) is 16.1. The molecular formula is C33H28F4N2O7S. The first-order chi connectivity index (χ1) is 22.2. The third-order valence-corrected chi connectivity index (χ3v) is 10.7. The topological polar surface area (TPSA) is 139 Å². The Bertz CT molecular complexity index is 1920. The van der Waals surface area contributed by atoms with Crippen molar-refractivity contribution in [2.24, 2.45) is 17.8 Å². The van der Waals surface area contributed by atoms with Gasteiger partial charge in [-0.2, -0.15) is 13.2 Å². The summed E-state index contributed by atoms with van der Waals surface area (Å²) in [7, 11) is -4.38. The van der Waals surface area contributed by atoms with E-state index in [1.807, 2.05) is 12.2 Å². The molecule has 2 fully saturated rings. The Balaban J connectivity index is 1.24. The number of nitrogens with one attached hydrogen (secondary N) is 2. The lowest BCUT2D eigenvalue weighted by Gasteiger charge is -2.28. The number of amides is 2. The normalized spacial score (nSPS) is 22.5. The summed E-state index contributed by atoms with van der Waals surface area (Å²) < 4.78 is 83.6. The van der Waals surface area contributed by atoms with Gasteiger partial charge >= 0.3 is 11.5 Å². The van der Waals surface area contributed by atoms with Crippen LogP contribution in [-0.4, -0.2) is 50.0 Å². The second-order valence-corrected chi connectivity index (χ2v) is 13.9. The minimum absolute atomic E-state index is 0.0202. The van der Waals surface area contributed by atoms with Crippen molar-refractivity contribution in [3.8, 4) is 16.9 Å². The van der Waals surface area contributed by atoms with Crippen LogP contribution >= 0.6 is 0 Å². The number of hydrogen-bond donors (Lipinski definition) is 3. The lowest BCUT2D eigenvalue weighted by molar-refractivity contribution is -0.140. The van der Waals surface area contributed by atoms with Gasteiger partial charge in [0.2, 0.25) is 5.91 Å². The molecule has 0 aliphatic heterocycles. The number of hydrogen-bond acceptors (Lipinski definition) is 6. The molecule has 0 saturated heterocycles. The van der Waals surface area contributed by atoms with Crippen molar-refractivity contribution < 1.29 is 50.2 Å². The van der Waals surface area contributed by atoms with E-state index in [1.165, 1.54) is 19.2 Å². The molecule has 3 aromatic carbocycles. The summed E-state index contributed by atoms with van der Waals surface area (Å²) in [6.45, 7) is 0. The average molecular weight is 673 g/mol. The van der Waals surface area contributed by atoms with Crippen LogP contribution in [-0.2, 0) is 24.8 Å². The molecule has 0 spiro atoms. The van der Waals surface area contributed by atoms with E-state index >= 15 is 4.39 Å². The highest BCUT2D eigenvalue weighted by Crippen LogP contribution is 2.49. The van der Waals surface area contributed by atoms with Crippen LogP contribution in [0.15, 0.2) is 77.7 Å². The fraction of sp³-hybridized carbons (Fsp3) is 0.303. The number of halogens is 4. The molecule has 3 aromatic rings. The second kappa shape index (κ2) is 11.5. The van der Waals surface area contributed by atoms with Gasteiger partial charge in [-0.1, -0.05) is 42.5 Å². The van der Waals surface area contributed by atoms with Crippen molar-refractivity contribution >= 4 is 33.3 Å². The molecular weight excluding hydrogens is 644 g/mol. The number of alkyl halides is 3. The lowest BCUT2D eigenvalue weighted by atomic mass is 9.87. The van der Waals surface area contributed by atoms with Gasteiger partial charge in [0.15, 0.2) is 0 Å². The van der Waals surface area contributed by atoms with Gasteiger partial charge in [0.25, 0.3) is 15.7 Å². The Morgan fingerprint density at radius 3 is 2.28 bits per heavy atom.